The second kappa shape index (κ2) is 5.58. The molecule has 0 radical (unpaired) electrons. The van der Waals surface area contributed by atoms with Crippen molar-refractivity contribution in [1.82, 2.24) is 15.6 Å². The molecule has 2 N–H and O–H groups in total. The molecule has 1 atom stereocenters. The van der Waals surface area contributed by atoms with Gasteiger partial charge in [-0.3, -0.25) is 4.99 Å². The molecule has 1 aromatic heterocycles. The maximum atomic E-state index is 13.7. The van der Waals surface area contributed by atoms with Gasteiger partial charge in [-0.1, -0.05) is 12.1 Å². The van der Waals surface area contributed by atoms with E-state index in [-0.39, 0.29) is 5.82 Å². The van der Waals surface area contributed by atoms with Gasteiger partial charge in [0.2, 0.25) is 0 Å². The summed E-state index contributed by atoms with van der Waals surface area (Å²) in [5, 5.41) is 9.21. The third kappa shape index (κ3) is 2.80. The fraction of sp³-hybridized carbons (Fsp3) is 0.286. The van der Waals surface area contributed by atoms with Crippen LogP contribution in [0.2, 0.25) is 0 Å². The predicted octanol–water partition coefficient (Wildman–Crippen LogP) is 2.39. The van der Waals surface area contributed by atoms with Gasteiger partial charge in [-0.25, -0.2) is 9.37 Å². The van der Waals surface area contributed by atoms with Crippen molar-refractivity contribution in [2.24, 2.45) is 4.99 Å². The third-order valence-corrected chi connectivity index (χ3v) is 3.86. The van der Waals surface area contributed by atoms with Gasteiger partial charge < -0.3 is 10.6 Å². The molecule has 1 aliphatic rings. The van der Waals surface area contributed by atoms with Gasteiger partial charge in [0.15, 0.2) is 5.96 Å². The van der Waals surface area contributed by atoms with Crippen molar-refractivity contribution < 1.29 is 4.39 Å². The molecule has 4 nitrogen and oxygen atoms in total. The molecule has 0 amide bonds. The lowest BCUT2D eigenvalue weighted by atomic mass is 10.2. The van der Waals surface area contributed by atoms with Crippen LogP contribution in [0.4, 0.5) is 4.39 Å². The first-order chi connectivity index (χ1) is 9.72. The molecule has 2 heterocycles. The Balaban J connectivity index is 1.67. The van der Waals surface area contributed by atoms with Crippen LogP contribution in [-0.4, -0.2) is 23.5 Å². The second-order valence-corrected chi connectivity index (χ2v) is 5.64. The van der Waals surface area contributed by atoms with Gasteiger partial charge in [0.25, 0.3) is 0 Å². The topological polar surface area (TPSA) is 49.3 Å². The van der Waals surface area contributed by atoms with E-state index in [0.717, 1.165) is 17.5 Å². The zero-order valence-corrected chi connectivity index (χ0v) is 11.9. The van der Waals surface area contributed by atoms with Crippen LogP contribution >= 0.6 is 11.3 Å². The van der Waals surface area contributed by atoms with Crippen LogP contribution in [-0.2, 0) is 6.54 Å². The van der Waals surface area contributed by atoms with Crippen LogP contribution in [0, 0.1) is 5.82 Å². The molecule has 0 bridgehead atoms. The number of halogens is 1. The first-order valence-corrected chi connectivity index (χ1v) is 7.34. The molecule has 1 aromatic carbocycles. The Bertz CT molecular complexity index is 638. The molecule has 2 aromatic rings. The van der Waals surface area contributed by atoms with Crippen LogP contribution < -0.4 is 10.6 Å². The lowest BCUT2D eigenvalue weighted by Gasteiger charge is -2.06. The average molecular weight is 290 g/mol. The number of rotatable bonds is 3. The third-order valence-electron chi connectivity index (χ3n) is 3.01. The smallest absolute Gasteiger partial charge is 0.191 e. The number of guanidine groups is 1. The highest BCUT2D eigenvalue weighted by Gasteiger charge is 2.13. The molecule has 104 valence electrons. The maximum absolute atomic E-state index is 13.7. The maximum Gasteiger partial charge on any atom is 0.191 e. The predicted molar refractivity (Wildman–Crippen MR) is 79.2 cm³/mol. The summed E-state index contributed by atoms with van der Waals surface area (Å²) >= 11 is 1.51. The fourth-order valence-corrected chi connectivity index (χ4v) is 2.74. The molecule has 20 heavy (non-hydrogen) atoms. The molecule has 0 saturated heterocycles. The van der Waals surface area contributed by atoms with Crippen molar-refractivity contribution in [3.05, 3.63) is 40.5 Å². The lowest BCUT2D eigenvalue weighted by Crippen LogP contribution is -2.37. The van der Waals surface area contributed by atoms with Gasteiger partial charge in [-0.15, -0.1) is 11.3 Å². The Morgan fingerprint density at radius 1 is 1.45 bits per heavy atom. The highest BCUT2D eigenvalue weighted by Crippen LogP contribution is 2.24. The van der Waals surface area contributed by atoms with E-state index in [9.17, 15) is 4.39 Å². The number of thiazole rings is 1. The largest absolute Gasteiger partial charge is 0.352 e. The normalized spacial score (nSPS) is 17.7. The van der Waals surface area contributed by atoms with E-state index in [1.807, 2.05) is 11.4 Å². The number of nitrogens with one attached hydrogen (secondary N) is 2. The molecular formula is C14H15FN4S. The van der Waals surface area contributed by atoms with Crippen molar-refractivity contribution in [3.8, 4) is 11.3 Å². The molecule has 0 fully saturated rings. The Hall–Kier alpha value is -1.95. The minimum atomic E-state index is -0.243. The SMILES string of the molecule is CC1CN=C(NCc2nc(-c3ccccc3F)cs2)N1. The zero-order valence-electron chi connectivity index (χ0n) is 11.1. The quantitative estimate of drug-likeness (QED) is 0.912. The van der Waals surface area contributed by atoms with Crippen molar-refractivity contribution >= 4 is 17.3 Å². The molecule has 3 rings (SSSR count). The summed E-state index contributed by atoms with van der Waals surface area (Å²) in [5.74, 6) is 0.563. The van der Waals surface area contributed by atoms with E-state index in [4.69, 9.17) is 0 Å². The van der Waals surface area contributed by atoms with Crippen molar-refractivity contribution in [2.75, 3.05) is 6.54 Å². The van der Waals surface area contributed by atoms with Crippen LogP contribution in [0.3, 0.4) is 0 Å². The van der Waals surface area contributed by atoms with Crippen molar-refractivity contribution in [2.45, 2.75) is 19.5 Å². The molecular weight excluding hydrogens is 275 g/mol. The number of benzene rings is 1. The standard InChI is InChI=1S/C14H15FN4S/c1-9-6-16-14(18-9)17-7-13-19-12(8-20-13)10-4-2-3-5-11(10)15/h2-5,8-9H,6-7H2,1H3,(H2,16,17,18). The Labute approximate surface area is 120 Å². The van der Waals surface area contributed by atoms with Crippen LogP contribution in [0.25, 0.3) is 11.3 Å². The Morgan fingerprint density at radius 2 is 2.30 bits per heavy atom. The van der Waals surface area contributed by atoms with E-state index in [2.05, 4.69) is 27.5 Å². The summed E-state index contributed by atoms with van der Waals surface area (Å²) in [4.78, 5) is 8.78. The van der Waals surface area contributed by atoms with Gasteiger partial charge in [0.1, 0.15) is 10.8 Å². The van der Waals surface area contributed by atoms with Crippen LogP contribution in [0.15, 0.2) is 34.6 Å². The highest BCUT2D eigenvalue weighted by molar-refractivity contribution is 7.09. The second-order valence-electron chi connectivity index (χ2n) is 4.69. The summed E-state index contributed by atoms with van der Waals surface area (Å²) in [6, 6.07) is 7.06. The van der Waals surface area contributed by atoms with Crippen LogP contribution in [0.1, 0.15) is 11.9 Å². The molecule has 6 heteroatoms. The number of nitrogens with zero attached hydrogens (tertiary/aromatic N) is 2. The molecule has 0 saturated carbocycles. The van der Waals surface area contributed by atoms with E-state index in [0.29, 0.717) is 23.8 Å². The van der Waals surface area contributed by atoms with Crippen molar-refractivity contribution in [3.63, 3.8) is 0 Å². The number of hydrogen-bond donors (Lipinski definition) is 2. The zero-order chi connectivity index (χ0) is 13.9. The number of hydrogen-bond acceptors (Lipinski definition) is 5. The van der Waals surface area contributed by atoms with Gasteiger partial charge >= 0.3 is 0 Å². The Morgan fingerprint density at radius 3 is 3.05 bits per heavy atom. The average Bonchev–Trinajstić information content (AvgIpc) is 3.06. The molecule has 1 aliphatic heterocycles. The number of aliphatic imine (C=N–C) groups is 1. The van der Waals surface area contributed by atoms with Gasteiger partial charge in [-0.05, 0) is 19.1 Å². The van der Waals surface area contributed by atoms with E-state index >= 15 is 0 Å². The fourth-order valence-electron chi connectivity index (χ4n) is 2.00. The number of aromatic nitrogens is 1. The molecule has 0 aliphatic carbocycles. The summed E-state index contributed by atoms with van der Waals surface area (Å²) < 4.78 is 13.7. The van der Waals surface area contributed by atoms with Gasteiger partial charge in [0, 0.05) is 17.0 Å². The van der Waals surface area contributed by atoms with Gasteiger partial charge in [-0.2, -0.15) is 0 Å². The first-order valence-electron chi connectivity index (χ1n) is 6.46. The molecule has 0 spiro atoms. The summed E-state index contributed by atoms with van der Waals surface area (Å²) in [5.41, 5.74) is 1.22. The monoisotopic (exact) mass is 290 g/mol. The van der Waals surface area contributed by atoms with Gasteiger partial charge in [0.05, 0.1) is 18.8 Å². The van der Waals surface area contributed by atoms with E-state index < -0.39 is 0 Å². The first kappa shape index (κ1) is 13.1. The highest BCUT2D eigenvalue weighted by atomic mass is 32.1. The van der Waals surface area contributed by atoms with Crippen molar-refractivity contribution in [1.29, 1.82) is 0 Å². The summed E-state index contributed by atoms with van der Waals surface area (Å²) in [7, 11) is 0. The minimum absolute atomic E-state index is 0.243. The Kier molecular flexibility index (Phi) is 3.64. The summed E-state index contributed by atoms with van der Waals surface area (Å²) in [6.07, 6.45) is 0. The molecule has 1 unspecified atom stereocenters. The summed E-state index contributed by atoms with van der Waals surface area (Å²) in [6.45, 7) is 3.47. The lowest BCUT2D eigenvalue weighted by molar-refractivity contribution is 0.631. The van der Waals surface area contributed by atoms with Crippen LogP contribution in [0.5, 0.6) is 0 Å². The van der Waals surface area contributed by atoms with E-state index in [1.54, 1.807) is 12.1 Å². The minimum Gasteiger partial charge on any atom is -0.352 e. The van der Waals surface area contributed by atoms with E-state index in [1.165, 1.54) is 17.4 Å².